The number of carbonyl (C=O) groups is 2. The molecule has 124 valence electrons. The molecule has 3 rings (SSSR count). The standard InChI is InChI=1S/C16H13BrN2O5/c1-8-5-13(19-24-8)18-14(20)7-22-16(21)15-9(2)11-6-10(17)3-4-12(11)23-15/h3-6H,7H2,1-2H3,(H,18,19,20). The minimum absolute atomic E-state index is 0.0770. The molecule has 0 radical (unpaired) electrons. The number of ether oxygens (including phenoxy) is 1. The van der Waals surface area contributed by atoms with Crippen molar-refractivity contribution >= 4 is 44.6 Å². The average molecular weight is 393 g/mol. The minimum Gasteiger partial charge on any atom is -0.450 e. The van der Waals surface area contributed by atoms with Crippen molar-refractivity contribution in [1.82, 2.24) is 5.16 Å². The number of hydrogen-bond donors (Lipinski definition) is 1. The SMILES string of the molecule is Cc1cc(NC(=O)COC(=O)c2oc3ccc(Br)cc3c2C)no1. The summed E-state index contributed by atoms with van der Waals surface area (Å²) in [5.41, 5.74) is 1.23. The molecule has 0 fully saturated rings. The van der Waals surface area contributed by atoms with Crippen LogP contribution in [0, 0.1) is 13.8 Å². The van der Waals surface area contributed by atoms with Crippen molar-refractivity contribution in [2.45, 2.75) is 13.8 Å². The van der Waals surface area contributed by atoms with Gasteiger partial charge in [-0.05, 0) is 32.0 Å². The molecule has 0 aliphatic rings. The van der Waals surface area contributed by atoms with E-state index in [2.05, 4.69) is 26.4 Å². The Hall–Kier alpha value is -2.61. The van der Waals surface area contributed by atoms with Gasteiger partial charge in [0.25, 0.3) is 5.91 Å². The lowest BCUT2D eigenvalue weighted by Gasteiger charge is -2.03. The van der Waals surface area contributed by atoms with Crippen LogP contribution in [-0.2, 0) is 9.53 Å². The number of nitrogens with zero attached hydrogens (tertiary/aromatic N) is 1. The molecule has 2 heterocycles. The molecule has 0 saturated heterocycles. The van der Waals surface area contributed by atoms with E-state index in [1.165, 1.54) is 0 Å². The Bertz CT molecular complexity index is 928. The van der Waals surface area contributed by atoms with Gasteiger partial charge in [-0.15, -0.1) is 0 Å². The summed E-state index contributed by atoms with van der Waals surface area (Å²) in [7, 11) is 0. The van der Waals surface area contributed by atoms with Crippen LogP contribution in [0.15, 0.2) is 37.7 Å². The monoisotopic (exact) mass is 392 g/mol. The van der Waals surface area contributed by atoms with E-state index in [1.54, 1.807) is 26.0 Å². The number of halogens is 1. The number of carbonyl (C=O) groups excluding carboxylic acids is 2. The fourth-order valence-corrected chi connectivity index (χ4v) is 2.55. The molecule has 7 nitrogen and oxygen atoms in total. The van der Waals surface area contributed by atoms with Crippen LogP contribution in [0.4, 0.5) is 5.82 Å². The number of aryl methyl sites for hydroxylation is 2. The van der Waals surface area contributed by atoms with Gasteiger partial charge in [0.05, 0.1) is 0 Å². The quantitative estimate of drug-likeness (QED) is 0.681. The first-order valence-corrected chi connectivity index (χ1v) is 7.82. The predicted molar refractivity (Wildman–Crippen MR) is 88.8 cm³/mol. The highest BCUT2D eigenvalue weighted by Crippen LogP contribution is 2.28. The van der Waals surface area contributed by atoms with Crippen LogP contribution in [0.5, 0.6) is 0 Å². The molecule has 24 heavy (non-hydrogen) atoms. The summed E-state index contributed by atoms with van der Waals surface area (Å²) >= 11 is 3.37. The smallest absolute Gasteiger partial charge is 0.375 e. The van der Waals surface area contributed by atoms with Crippen LogP contribution in [-0.4, -0.2) is 23.6 Å². The number of benzene rings is 1. The average Bonchev–Trinajstić information content (AvgIpc) is 3.09. The summed E-state index contributed by atoms with van der Waals surface area (Å²) in [5, 5.41) is 6.89. The number of furan rings is 1. The molecule has 0 spiro atoms. The fraction of sp³-hybridized carbons (Fsp3) is 0.188. The summed E-state index contributed by atoms with van der Waals surface area (Å²) < 4.78 is 16.2. The highest BCUT2D eigenvalue weighted by Gasteiger charge is 2.20. The zero-order valence-corrected chi connectivity index (χ0v) is 14.5. The number of rotatable bonds is 4. The van der Waals surface area contributed by atoms with E-state index < -0.39 is 18.5 Å². The first-order valence-electron chi connectivity index (χ1n) is 7.03. The maximum absolute atomic E-state index is 12.1. The topological polar surface area (TPSA) is 94.6 Å². The van der Waals surface area contributed by atoms with E-state index in [-0.39, 0.29) is 11.6 Å². The van der Waals surface area contributed by atoms with Crippen molar-refractivity contribution in [3.63, 3.8) is 0 Å². The third-order valence-corrected chi connectivity index (χ3v) is 3.81. The highest BCUT2D eigenvalue weighted by molar-refractivity contribution is 9.10. The van der Waals surface area contributed by atoms with E-state index >= 15 is 0 Å². The van der Waals surface area contributed by atoms with Crippen molar-refractivity contribution in [2.75, 3.05) is 11.9 Å². The van der Waals surface area contributed by atoms with Gasteiger partial charge in [0, 0.05) is 21.5 Å². The molecule has 0 bridgehead atoms. The Kier molecular flexibility index (Phi) is 4.39. The molecule has 0 saturated carbocycles. The third kappa shape index (κ3) is 3.33. The lowest BCUT2D eigenvalue weighted by Crippen LogP contribution is -2.21. The first-order chi connectivity index (χ1) is 11.4. The third-order valence-electron chi connectivity index (χ3n) is 3.31. The van der Waals surface area contributed by atoms with Gasteiger partial charge in [-0.25, -0.2) is 4.79 Å². The lowest BCUT2D eigenvalue weighted by atomic mass is 10.1. The van der Waals surface area contributed by atoms with Gasteiger partial charge in [0.1, 0.15) is 11.3 Å². The van der Waals surface area contributed by atoms with E-state index in [0.29, 0.717) is 16.9 Å². The van der Waals surface area contributed by atoms with E-state index in [4.69, 9.17) is 13.7 Å². The van der Waals surface area contributed by atoms with Gasteiger partial charge in [-0.3, -0.25) is 4.79 Å². The number of fused-ring (bicyclic) bond motifs is 1. The van der Waals surface area contributed by atoms with Gasteiger partial charge in [-0.1, -0.05) is 21.1 Å². The Morgan fingerprint density at radius 3 is 2.79 bits per heavy atom. The van der Waals surface area contributed by atoms with Crippen LogP contribution in [0.2, 0.25) is 0 Å². The largest absolute Gasteiger partial charge is 0.450 e. The molecule has 3 aromatic rings. The van der Waals surface area contributed by atoms with Crippen molar-refractivity contribution in [3.05, 3.63) is 45.8 Å². The molecule has 0 atom stereocenters. The van der Waals surface area contributed by atoms with Gasteiger partial charge in [-0.2, -0.15) is 0 Å². The molecule has 0 aliphatic heterocycles. The molecule has 0 unspecified atom stereocenters. The normalized spacial score (nSPS) is 10.8. The number of anilines is 1. The summed E-state index contributed by atoms with van der Waals surface area (Å²) in [6, 6.07) is 6.97. The molecule has 1 amide bonds. The van der Waals surface area contributed by atoms with Crippen LogP contribution < -0.4 is 5.32 Å². The predicted octanol–water partition coefficient (Wildman–Crippen LogP) is 3.60. The number of nitrogens with one attached hydrogen (secondary N) is 1. The van der Waals surface area contributed by atoms with Gasteiger partial charge < -0.3 is 19.0 Å². The summed E-state index contributed by atoms with van der Waals surface area (Å²) in [4.78, 5) is 23.9. The van der Waals surface area contributed by atoms with Gasteiger partial charge in [0.15, 0.2) is 12.4 Å². The van der Waals surface area contributed by atoms with Crippen molar-refractivity contribution in [1.29, 1.82) is 0 Å². The zero-order chi connectivity index (χ0) is 17.3. The number of esters is 1. The van der Waals surface area contributed by atoms with Crippen LogP contribution in [0.25, 0.3) is 11.0 Å². The molecule has 0 aliphatic carbocycles. The van der Waals surface area contributed by atoms with Crippen molar-refractivity contribution in [3.8, 4) is 0 Å². The van der Waals surface area contributed by atoms with Gasteiger partial charge in [0.2, 0.25) is 5.76 Å². The van der Waals surface area contributed by atoms with E-state index in [0.717, 1.165) is 9.86 Å². The summed E-state index contributed by atoms with van der Waals surface area (Å²) in [6.07, 6.45) is 0. The number of aromatic nitrogens is 1. The van der Waals surface area contributed by atoms with Crippen LogP contribution in [0.1, 0.15) is 21.9 Å². The number of hydrogen-bond acceptors (Lipinski definition) is 6. The molecular formula is C16H13BrN2O5. The van der Waals surface area contributed by atoms with Crippen LogP contribution >= 0.6 is 15.9 Å². The second-order valence-electron chi connectivity index (χ2n) is 5.14. The fourth-order valence-electron chi connectivity index (χ4n) is 2.19. The number of amides is 1. The first kappa shape index (κ1) is 16.3. The van der Waals surface area contributed by atoms with Crippen molar-refractivity contribution < 1.29 is 23.3 Å². The highest BCUT2D eigenvalue weighted by atomic mass is 79.9. The van der Waals surface area contributed by atoms with Crippen LogP contribution in [0.3, 0.4) is 0 Å². The molecule has 8 heteroatoms. The Labute approximate surface area is 145 Å². The molecular weight excluding hydrogens is 380 g/mol. The van der Waals surface area contributed by atoms with Crippen molar-refractivity contribution in [2.24, 2.45) is 0 Å². The maximum Gasteiger partial charge on any atom is 0.375 e. The van der Waals surface area contributed by atoms with Gasteiger partial charge >= 0.3 is 5.97 Å². The van der Waals surface area contributed by atoms with E-state index in [9.17, 15) is 9.59 Å². The second kappa shape index (κ2) is 6.48. The summed E-state index contributed by atoms with van der Waals surface area (Å²) in [5.74, 6) is -0.322. The Morgan fingerprint density at radius 2 is 2.08 bits per heavy atom. The molecule has 1 N–H and O–H groups in total. The van der Waals surface area contributed by atoms with E-state index in [1.807, 2.05) is 12.1 Å². The second-order valence-corrected chi connectivity index (χ2v) is 6.06. The lowest BCUT2D eigenvalue weighted by molar-refractivity contribution is -0.119. The zero-order valence-electron chi connectivity index (χ0n) is 12.9. The molecule has 1 aromatic carbocycles. The Morgan fingerprint density at radius 1 is 1.29 bits per heavy atom. The Balaban J connectivity index is 1.66. The minimum atomic E-state index is -0.702. The summed E-state index contributed by atoms with van der Waals surface area (Å²) in [6.45, 7) is 3.00. The maximum atomic E-state index is 12.1. The molecule has 2 aromatic heterocycles.